The zero-order valence-corrected chi connectivity index (χ0v) is 11.7. The van der Waals surface area contributed by atoms with E-state index in [1.807, 2.05) is 31.2 Å². The Bertz CT molecular complexity index is 547. The van der Waals surface area contributed by atoms with Gasteiger partial charge in [0.05, 0.1) is 6.04 Å². The van der Waals surface area contributed by atoms with E-state index >= 15 is 0 Å². The molecule has 0 spiro atoms. The molecule has 3 heteroatoms. The van der Waals surface area contributed by atoms with Gasteiger partial charge in [0.25, 0.3) is 0 Å². The Morgan fingerprint density at radius 2 is 2.00 bits per heavy atom. The minimum absolute atomic E-state index is 0.0204. The van der Waals surface area contributed by atoms with E-state index in [1.54, 1.807) is 6.92 Å². The molecule has 0 aliphatic carbocycles. The van der Waals surface area contributed by atoms with E-state index in [0.717, 1.165) is 30.0 Å². The largest absolute Gasteiger partial charge is 0.464 e. The van der Waals surface area contributed by atoms with Crippen LogP contribution in [0.15, 0.2) is 34.7 Å². The number of benzene rings is 1. The maximum absolute atomic E-state index is 13.4. The van der Waals surface area contributed by atoms with Crippen molar-refractivity contribution < 1.29 is 8.81 Å². The third-order valence-corrected chi connectivity index (χ3v) is 3.16. The third kappa shape index (κ3) is 3.24. The van der Waals surface area contributed by atoms with E-state index in [2.05, 4.69) is 12.2 Å². The van der Waals surface area contributed by atoms with Crippen molar-refractivity contribution in [2.24, 2.45) is 0 Å². The van der Waals surface area contributed by atoms with Gasteiger partial charge in [0.15, 0.2) is 0 Å². The Kier molecular flexibility index (Phi) is 4.38. The van der Waals surface area contributed by atoms with Crippen molar-refractivity contribution in [1.29, 1.82) is 0 Å². The number of furan rings is 1. The quantitative estimate of drug-likeness (QED) is 0.875. The first-order valence-electron chi connectivity index (χ1n) is 6.67. The van der Waals surface area contributed by atoms with E-state index in [4.69, 9.17) is 4.42 Å². The summed E-state index contributed by atoms with van der Waals surface area (Å²) in [7, 11) is 0. The first-order chi connectivity index (χ1) is 9.11. The fourth-order valence-electron chi connectivity index (χ4n) is 2.13. The number of nitrogens with one attached hydrogen (secondary N) is 1. The second kappa shape index (κ2) is 6.02. The molecule has 0 amide bonds. The smallest absolute Gasteiger partial charge is 0.126 e. The number of aryl methyl sites for hydroxylation is 2. The van der Waals surface area contributed by atoms with Crippen molar-refractivity contribution >= 4 is 0 Å². The molecule has 0 saturated heterocycles. The summed E-state index contributed by atoms with van der Waals surface area (Å²) in [5.41, 5.74) is 1.69. The second-order valence-corrected chi connectivity index (χ2v) is 4.84. The number of hydrogen-bond acceptors (Lipinski definition) is 2. The van der Waals surface area contributed by atoms with Crippen LogP contribution in [-0.2, 0) is 0 Å². The van der Waals surface area contributed by atoms with Crippen molar-refractivity contribution in [2.75, 3.05) is 6.54 Å². The lowest BCUT2D eigenvalue weighted by Crippen LogP contribution is -2.23. The highest BCUT2D eigenvalue weighted by Crippen LogP contribution is 2.25. The first-order valence-corrected chi connectivity index (χ1v) is 6.67. The molecule has 2 rings (SSSR count). The molecule has 1 atom stereocenters. The normalized spacial score (nSPS) is 12.6. The lowest BCUT2D eigenvalue weighted by molar-refractivity contribution is 0.430. The molecule has 1 heterocycles. The fraction of sp³-hybridized carbons (Fsp3) is 0.375. The van der Waals surface area contributed by atoms with Gasteiger partial charge in [-0.3, -0.25) is 0 Å². The summed E-state index contributed by atoms with van der Waals surface area (Å²) in [6, 6.07) is 9.11. The maximum atomic E-state index is 13.4. The summed E-state index contributed by atoms with van der Waals surface area (Å²) in [6.07, 6.45) is 1.04. The Labute approximate surface area is 113 Å². The standard InChI is InChI=1S/C16H20FNO/c1-4-9-18-16(15-8-5-12(3)19-15)13-6-7-14(17)11(2)10-13/h5-8,10,16,18H,4,9H2,1-3H3. The van der Waals surface area contributed by atoms with Crippen molar-refractivity contribution in [3.05, 3.63) is 58.8 Å². The van der Waals surface area contributed by atoms with Crippen LogP contribution < -0.4 is 5.32 Å². The van der Waals surface area contributed by atoms with Crippen LogP contribution in [-0.4, -0.2) is 6.54 Å². The molecule has 0 saturated carbocycles. The van der Waals surface area contributed by atoms with Crippen LogP contribution in [0.5, 0.6) is 0 Å². The molecule has 19 heavy (non-hydrogen) atoms. The maximum Gasteiger partial charge on any atom is 0.126 e. The molecule has 0 fully saturated rings. The van der Waals surface area contributed by atoms with Gasteiger partial charge < -0.3 is 9.73 Å². The highest BCUT2D eigenvalue weighted by Gasteiger charge is 2.17. The summed E-state index contributed by atoms with van der Waals surface area (Å²) in [5, 5.41) is 3.45. The second-order valence-electron chi connectivity index (χ2n) is 4.84. The predicted molar refractivity (Wildman–Crippen MR) is 74.7 cm³/mol. The summed E-state index contributed by atoms with van der Waals surface area (Å²) < 4.78 is 19.1. The predicted octanol–water partition coefficient (Wildman–Crippen LogP) is 4.12. The summed E-state index contributed by atoms with van der Waals surface area (Å²) in [5.74, 6) is 1.59. The van der Waals surface area contributed by atoms with Crippen molar-refractivity contribution in [1.82, 2.24) is 5.32 Å². The minimum atomic E-state index is -0.173. The molecule has 1 aromatic carbocycles. The zero-order chi connectivity index (χ0) is 13.8. The van der Waals surface area contributed by atoms with Gasteiger partial charge >= 0.3 is 0 Å². The van der Waals surface area contributed by atoms with Gasteiger partial charge in [-0.25, -0.2) is 4.39 Å². The van der Waals surface area contributed by atoms with Crippen molar-refractivity contribution in [3.63, 3.8) is 0 Å². The molecule has 1 unspecified atom stereocenters. The zero-order valence-electron chi connectivity index (χ0n) is 11.7. The van der Waals surface area contributed by atoms with Crippen LogP contribution in [0, 0.1) is 19.7 Å². The van der Waals surface area contributed by atoms with Gasteiger partial charge in [-0.1, -0.05) is 19.1 Å². The Hall–Kier alpha value is -1.61. The molecule has 0 bridgehead atoms. The minimum Gasteiger partial charge on any atom is -0.464 e. The van der Waals surface area contributed by atoms with E-state index < -0.39 is 0 Å². The molecule has 2 aromatic rings. The topological polar surface area (TPSA) is 25.2 Å². The molecule has 102 valence electrons. The van der Waals surface area contributed by atoms with Gasteiger partial charge in [0.2, 0.25) is 0 Å². The molecule has 2 nitrogen and oxygen atoms in total. The van der Waals surface area contributed by atoms with Crippen LogP contribution in [0.1, 0.15) is 42.0 Å². The van der Waals surface area contributed by atoms with Gasteiger partial charge in [-0.2, -0.15) is 0 Å². The van der Waals surface area contributed by atoms with Gasteiger partial charge in [0, 0.05) is 0 Å². The van der Waals surface area contributed by atoms with Crippen molar-refractivity contribution in [2.45, 2.75) is 33.2 Å². The first kappa shape index (κ1) is 13.8. The highest BCUT2D eigenvalue weighted by atomic mass is 19.1. The number of hydrogen-bond donors (Lipinski definition) is 1. The number of halogens is 1. The highest BCUT2D eigenvalue weighted by molar-refractivity contribution is 5.31. The van der Waals surface area contributed by atoms with Crippen LogP contribution in [0.2, 0.25) is 0 Å². The molecular formula is C16H20FNO. The molecule has 0 aliphatic heterocycles. The van der Waals surface area contributed by atoms with Crippen LogP contribution in [0.3, 0.4) is 0 Å². The molecule has 0 aliphatic rings. The van der Waals surface area contributed by atoms with Crippen LogP contribution in [0.25, 0.3) is 0 Å². The molecular weight excluding hydrogens is 241 g/mol. The van der Waals surface area contributed by atoms with Gasteiger partial charge in [-0.05, 0) is 56.1 Å². The van der Waals surface area contributed by atoms with E-state index in [0.29, 0.717) is 5.56 Å². The average Bonchev–Trinajstić information content (AvgIpc) is 2.80. The lowest BCUT2D eigenvalue weighted by atomic mass is 10.0. The number of rotatable bonds is 5. The summed E-state index contributed by atoms with van der Waals surface area (Å²) >= 11 is 0. The SMILES string of the molecule is CCCNC(c1ccc(F)c(C)c1)c1ccc(C)o1. The summed E-state index contributed by atoms with van der Waals surface area (Å²) in [4.78, 5) is 0. The van der Waals surface area contributed by atoms with E-state index in [-0.39, 0.29) is 11.9 Å². The Balaban J connectivity index is 2.33. The Morgan fingerprint density at radius 3 is 2.58 bits per heavy atom. The lowest BCUT2D eigenvalue weighted by Gasteiger charge is -2.17. The van der Waals surface area contributed by atoms with Gasteiger partial charge in [0.1, 0.15) is 17.3 Å². The third-order valence-electron chi connectivity index (χ3n) is 3.16. The average molecular weight is 261 g/mol. The molecule has 0 radical (unpaired) electrons. The van der Waals surface area contributed by atoms with E-state index in [1.165, 1.54) is 6.07 Å². The fourth-order valence-corrected chi connectivity index (χ4v) is 2.13. The molecule has 1 N–H and O–H groups in total. The van der Waals surface area contributed by atoms with Crippen LogP contribution >= 0.6 is 0 Å². The monoisotopic (exact) mass is 261 g/mol. The van der Waals surface area contributed by atoms with Gasteiger partial charge in [-0.15, -0.1) is 0 Å². The summed E-state index contributed by atoms with van der Waals surface area (Å²) in [6.45, 7) is 6.72. The van der Waals surface area contributed by atoms with Crippen LogP contribution in [0.4, 0.5) is 4.39 Å². The van der Waals surface area contributed by atoms with Crippen molar-refractivity contribution in [3.8, 4) is 0 Å². The van der Waals surface area contributed by atoms with E-state index in [9.17, 15) is 4.39 Å². The Morgan fingerprint density at radius 1 is 1.21 bits per heavy atom. The molecule has 1 aromatic heterocycles.